The van der Waals surface area contributed by atoms with Crippen LogP contribution in [-0.4, -0.2) is 34.2 Å². The molecule has 1 aromatic carbocycles. The smallest absolute Gasteiger partial charge is 0.0385 e. The monoisotopic (exact) mass is 303 g/mol. The van der Waals surface area contributed by atoms with E-state index in [9.17, 15) is 4.21 Å². The molecule has 0 aliphatic carbocycles. The van der Waals surface area contributed by atoms with Crippen molar-refractivity contribution in [3.63, 3.8) is 0 Å². The van der Waals surface area contributed by atoms with E-state index in [1.165, 1.54) is 5.56 Å². The minimum Gasteiger partial charge on any atom is -0.299 e. The summed E-state index contributed by atoms with van der Waals surface area (Å²) < 4.78 is 12.2. The van der Waals surface area contributed by atoms with Gasteiger partial charge < -0.3 is 0 Å². The average molecular weight is 304 g/mol. The van der Waals surface area contributed by atoms with E-state index >= 15 is 0 Å². The Balaban J connectivity index is 2.56. The van der Waals surface area contributed by atoms with Crippen molar-refractivity contribution in [3.05, 3.63) is 34.3 Å². The predicted molar refractivity (Wildman–Crippen MR) is 74.0 cm³/mol. The zero-order valence-electron chi connectivity index (χ0n) is 9.94. The Hall–Kier alpha value is -0.190. The van der Waals surface area contributed by atoms with Gasteiger partial charge in [-0.25, -0.2) is 0 Å². The molecule has 0 bridgehead atoms. The molecule has 1 rings (SSSR count). The molecule has 1 aromatic rings. The molecule has 0 fully saturated rings. The number of benzene rings is 1. The second-order valence-electron chi connectivity index (χ2n) is 4.13. The fourth-order valence-electron chi connectivity index (χ4n) is 1.55. The topological polar surface area (TPSA) is 20.3 Å². The zero-order valence-corrected chi connectivity index (χ0v) is 12.3. The minimum atomic E-state index is -0.730. The molecule has 0 unspecified atom stereocenters. The van der Waals surface area contributed by atoms with Gasteiger partial charge in [-0.1, -0.05) is 28.1 Å². The summed E-state index contributed by atoms with van der Waals surface area (Å²) in [6, 6.07) is 8.62. The summed E-state index contributed by atoms with van der Waals surface area (Å²) in [6.45, 7) is 3.00. The van der Waals surface area contributed by atoms with Gasteiger partial charge in [-0.15, -0.1) is 0 Å². The lowest BCUT2D eigenvalue weighted by Gasteiger charge is -2.23. The third-order valence-electron chi connectivity index (χ3n) is 2.55. The highest BCUT2D eigenvalue weighted by Gasteiger charge is 2.11. The molecule has 0 N–H and O–H groups in total. The van der Waals surface area contributed by atoms with E-state index in [0.717, 1.165) is 16.8 Å². The maximum absolute atomic E-state index is 11.1. The maximum atomic E-state index is 11.1. The van der Waals surface area contributed by atoms with E-state index in [0.29, 0.717) is 6.04 Å². The van der Waals surface area contributed by atoms with Crippen molar-refractivity contribution in [2.24, 2.45) is 0 Å². The summed E-state index contributed by atoms with van der Waals surface area (Å²) in [5.74, 6) is 0.727. The Morgan fingerprint density at radius 2 is 2.19 bits per heavy atom. The van der Waals surface area contributed by atoms with Gasteiger partial charge in [0.2, 0.25) is 0 Å². The molecule has 0 spiro atoms. The first-order valence-electron chi connectivity index (χ1n) is 5.23. The first-order valence-corrected chi connectivity index (χ1v) is 7.75. The molecule has 0 radical (unpaired) electrons. The highest BCUT2D eigenvalue weighted by Crippen LogP contribution is 2.14. The molecule has 90 valence electrons. The van der Waals surface area contributed by atoms with Gasteiger partial charge in [0.25, 0.3) is 0 Å². The molecule has 0 aliphatic rings. The van der Waals surface area contributed by atoms with Gasteiger partial charge in [0, 0.05) is 39.9 Å². The van der Waals surface area contributed by atoms with E-state index < -0.39 is 10.8 Å². The lowest BCUT2D eigenvalue weighted by atomic mass is 10.2. The van der Waals surface area contributed by atoms with Crippen LogP contribution >= 0.6 is 15.9 Å². The number of hydrogen-bond acceptors (Lipinski definition) is 2. The lowest BCUT2D eigenvalue weighted by molar-refractivity contribution is 0.268. The van der Waals surface area contributed by atoms with E-state index in [4.69, 9.17) is 0 Å². The highest BCUT2D eigenvalue weighted by atomic mass is 79.9. The molecular weight excluding hydrogens is 286 g/mol. The molecule has 0 amide bonds. The maximum Gasteiger partial charge on any atom is 0.0385 e. The molecule has 0 saturated carbocycles. The molecule has 2 nitrogen and oxygen atoms in total. The van der Waals surface area contributed by atoms with Gasteiger partial charge in [-0.3, -0.25) is 9.11 Å². The number of rotatable bonds is 5. The van der Waals surface area contributed by atoms with E-state index in [1.54, 1.807) is 6.26 Å². The van der Waals surface area contributed by atoms with Crippen LogP contribution in [0.3, 0.4) is 0 Å². The highest BCUT2D eigenvalue weighted by molar-refractivity contribution is 9.10. The van der Waals surface area contributed by atoms with Gasteiger partial charge in [-0.05, 0) is 31.7 Å². The van der Waals surface area contributed by atoms with Crippen molar-refractivity contribution < 1.29 is 4.21 Å². The van der Waals surface area contributed by atoms with Crippen molar-refractivity contribution in [3.8, 4) is 0 Å². The first-order chi connectivity index (χ1) is 7.49. The summed E-state index contributed by atoms with van der Waals surface area (Å²) in [6.07, 6.45) is 1.75. The van der Waals surface area contributed by atoms with E-state index in [-0.39, 0.29) is 0 Å². The summed E-state index contributed by atoms with van der Waals surface area (Å²) in [5, 5.41) is 0. The van der Waals surface area contributed by atoms with Gasteiger partial charge in [-0.2, -0.15) is 0 Å². The number of hydrogen-bond donors (Lipinski definition) is 0. The van der Waals surface area contributed by atoms with Crippen LogP contribution in [0, 0.1) is 0 Å². The van der Waals surface area contributed by atoms with Crippen molar-refractivity contribution in [1.29, 1.82) is 0 Å². The number of nitrogens with zero attached hydrogens (tertiary/aromatic N) is 1. The van der Waals surface area contributed by atoms with Crippen molar-refractivity contribution in [1.82, 2.24) is 4.90 Å². The van der Waals surface area contributed by atoms with Gasteiger partial charge in [0.1, 0.15) is 0 Å². The van der Waals surface area contributed by atoms with E-state index in [2.05, 4.69) is 46.9 Å². The third kappa shape index (κ3) is 4.76. The fraction of sp³-hybridized carbons (Fsp3) is 0.500. The second-order valence-corrected chi connectivity index (χ2v) is 6.53. The third-order valence-corrected chi connectivity index (χ3v) is 3.99. The molecular formula is C12H18BrNOS. The van der Waals surface area contributed by atoms with Gasteiger partial charge in [0.05, 0.1) is 0 Å². The Morgan fingerprint density at radius 1 is 1.50 bits per heavy atom. The van der Waals surface area contributed by atoms with Crippen LogP contribution in [0.1, 0.15) is 12.5 Å². The van der Waals surface area contributed by atoms with Crippen molar-refractivity contribution in [2.45, 2.75) is 19.5 Å². The van der Waals surface area contributed by atoms with Crippen LogP contribution < -0.4 is 0 Å². The van der Waals surface area contributed by atoms with Crippen LogP contribution in [0.25, 0.3) is 0 Å². The minimum absolute atomic E-state index is 0.338. The lowest BCUT2D eigenvalue weighted by Crippen LogP contribution is -2.32. The second kappa shape index (κ2) is 6.52. The van der Waals surface area contributed by atoms with Crippen LogP contribution in [0.2, 0.25) is 0 Å². The summed E-state index contributed by atoms with van der Waals surface area (Å²) in [7, 11) is 1.34. The van der Waals surface area contributed by atoms with Crippen molar-refractivity contribution in [2.75, 3.05) is 19.1 Å². The average Bonchev–Trinajstić information content (AvgIpc) is 2.16. The van der Waals surface area contributed by atoms with Crippen LogP contribution in [0.15, 0.2) is 28.7 Å². The molecule has 0 aliphatic heterocycles. The summed E-state index contributed by atoms with van der Waals surface area (Å²) in [4.78, 5) is 2.23. The molecule has 0 aromatic heterocycles. The standard InChI is InChI=1S/C12H18BrNOS/c1-10(9-16(3)15)14(2)8-11-5-4-6-12(13)7-11/h4-7,10H,8-9H2,1-3H3/t10-,16-/m0/s1. The SMILES string of the molecule is C[C@@H](C[S@](C)=O)N(C)Cc1cccc(Br)c1. The predicted octanol–water partition coefficient (Wildman–Crippen LogP) is 2.65. The largest absolute Gasteiger partial charge is 0.299 e. The van der Waals surface area contributed by atoms with Crippen LogP contribution in [0.5, 0.6) is 0 Å². The fourth-order valence-corrected chi connectivity index (χ4v) is 2.93. The Morgan fingerprint density at radius 3 is 2.75 bits per heavy atom. The summed E-state index contributed by atoms with van der Waals surface area (Å²) in [5.41, 5.74) is 1.27. The summed E-state index contributed by atoms with van der Waals surface area (Å²) >= 11 is 3.46. The van der Waals surface area contributed by atoms with E-state index in [1.807, 2.05) is 12.1 Å². The van der Waals surface area contributed by atoms with Gasteiger partial charge >= 0.3 is 0 Å². The zero-order chi connectivity index (χ0) is 12.1. The van der Waals surface area contributed by atoms with Crippen LogP contribution in [-0.2, 0) is 17.3 Å². The van der Waals surface area contributed by atoms with Crippen LogP contribution in [0.4, 0.5) is 0 Å². The van der Waals surface area contributed by atoms with Gasteiger partial charge in [0.15, 0.2) is 0 Å². The Labute approximate surface area is 109 Å². The normalized spacial score (nSPS) is 15.1. The molecule has 16 heavy (non-hydrogen) atoms. The molecule has 0 saturated heterocycles. The van der Waals surface area contributed by atoms with Crippen molar-refractivity contribution >= 4 is 26.7 Å². The molecule has 2 atom stereocenters. The molecule has 4 heteroatoms. The Kier molecular flexibility index (Phi) is 5.66. The number of halogens is 1. The Bertz CT molecular complexity index is 370. The quantitative estimate of drug-likeness (QED) is 0.833. The first kappa shape index (κ1) is 13.9. The molecule has 0 heterocycles.